The Labute approximate surface area is 116 Å². The van der Waals surface area contributed by atoms with Crippen LogP contribution in [-0.4, -0.2) is 24.4 Å². The fourth-order valence-corrected chi connectivity index (χ4v) is 3.07. The molecule has 0 spiro atoms. The summed E-state index contributed by atoms with van der Waals surface area (Å²) in [6.07, 6.45) is 0.812. The van der Waals surface area contributed by atoms with Crippen molar-refractivity contribution in [2.75, 3.05) is 18.1 Å². The Morgan fingerprint density at radius 1 is 1.38 bits per heavy atom. The predicted octanol–water partition coefficient (Wildman–Crippen LogP) is 4.16. The SMILES string of the molecule is CCSCCOc1c(Br)cc(C=O)cc1Br. The maximum absolute atomic E-state index is 10.6. The third-order valence-electron chi connectivity index (χ3n) is 1.83. The molecule has 0 fully saturated rings. The van der Waals surface area contributed by atoms with E-state index < -0.39 is 0 Å². The summed E-state index contributed by atoms with van der Waals surface area (Å²) in [4.78, 5) is 10.6. The van der Waals surface area contributed by atoms with E-state index in [1.54, 1.807) is 12.1 Å². The van der Waals surface area contributed by atoms with Gasteiger partial charge in [-0.25, -0.2) is 0 Å². The molecule has 5 heteroatoms. The number of hydrogen-bond donors (Lipinski definition) is 0. The molecule has 0 amide bonds. The van der Waals surface area contributed by atoms with Gasteiger partial charge in [-0.2, -0.15) is 11.8 Å². The number of carbonyl (C=O) groups is 1. The van der Waals surface area contributed by atoms with Crippen LogP contribution < -0.4 is 4.74 Å². The molecule has 0 N–H and O–H groups in total. The van der Waals surface area contributed by atoms with Crippen molar-refractivity contribution < 1.29 is 9.53 Å². The standard InChI is InChI=1S/C11H12Br2O2S/c1-2-16-4-3-15-11-9(12)5-8(7-14)6-10(11)13/h5-7H,2-4H2,1H3. The molecular formula is C11H12Br2O2S. The highest BCUT2D eigenvalue weighted by Crippen LogP contribution is 2.34. The minimum atomic E-state index is 0.619. The lowest BCUT2D eigenvalue weighted by molar-refractivity contribution is 0.112. The Morgan fingerprint density at radius 2 is 2.00 bits per heavy atom. The Balaban J connectivity index is 2.69. The Bertz CT molecular complexity index is 346. The van der Waals surface area contributed by atoms with Crippen molar-refractivity contribution in [1.29, 1.82) is 0 Å². The highest BCUT2D eigenvalue weighted by atomic mass is 79.9. The lowest BCUT2D eigenvalue weighted by Crippen LogP contribution is -2.02. The molecular weight excluding hydrogens is 356 g/mol. The molecule has 2 nitrogen and oxygen atoms in total. The van der Waals surface area contributed by atoms with Gasteiger partial charge < -0.3 is 4.74 Å². The van der Waals surface area contributed by atoms with Crippen LogP contribution in [-0.2, 0) is 0 Å². The Hall–Kier alpha value is -0.000000000000000111. The molecule has 88 valence electrons. The smallest absolute Gasteiger partial charge is 0.150 e. The lowest BCUT2D eigenvalue weighted by Gasteiger charge is -2.10. The summed E-state index contributed by atoms with van der Waals surface area (Å²) in [5.41, 5.74) is 0.619. The molecule has 0 unspecified atom stereocenters. The number of hydrogen-bond acceptors (Lipinski definition) is 3. The molecule has 0 radical (unpaired) electrons. The summed E-state index contributed by atoms with van der Waals surface area (Å²) >= 11 is 8.61. The van der Waals surface area contributed by atoms with Crippen molar-refractivity contribution in [3.8, 4) is 5.75 Å². The first-order chi connectivity index (χ1) is 7.69. The first kappa shape index (κ1) is 14.1. The number of thioether (sulfide) groups is 1. The number of ether oxygens (including phenoxy) is 1. The first-order valence-electron chi connectivity index (χ1n) is 4.83. The summed E-state index contributed by atoms with van der Waals surface area (Å²) in [5, 5.41) is 0. The van der Waals surface area contributed by atoms with Crippen LogP contribution >= 0.6 is 43.6 Å². The minimum absolute atomic E-state index is 0.619. The van der Waals surface area contributed by atoms with Crippen molar-refractivity contribution in [2.24, 2.45) is 0 Å². The second-order valence-corrected chi connectivity index (χ2v) is 6.08. The van der Waals surface area contributed by atoms with E-state index in [1.165, 1.54) is 0 Å². The average molecular weight is 368 g/mol. The van der Waals surface area contributed by atoms with E-state index in [1.807, 2.05) is 11.8 Å². The third-order valence-corrected chi connectivity index (χ3v) is 3.88. The molecule has 0 aliphatic rings. The third kappa shape index (κ3) is 4.11. The van der Waals surface area contributed by atoms with Gasteiger partial charge in [-0.1, -0.05) is 6.92 Å². The molecule has 0 saturated heterocycles. The van der Waals surface area contributed by atoms with Crippen molar-refractivity contribution in [2.45, 2.75) is 6.92 Å². The van der Waals surface area contributed by atoms with Crippen LogP contribution in [0.25, 0.3) is 0 Å². The van der Waals surface area contributed by atoms with Crippen LogP contribution in [0.4, 0.5) is 0 Å². The molecule has 0 heterocycles. The van der Waals surface area contributed by atoms with E-state index >= 15 is 0 Å². The zero-order valence-corrected chi connectivity index (χ0v) is 12.8. The average Bonchev–Trinajstić information content (AvgIpc) is 2.26. The van der Waals surface area contributed by atoms with E-state index in [9.17, 15) is 4.79 Å². The van der Waals surface area contributed by atoms with Gasteiger partial charge in [-0.05, 0) is 49.7 Å². The maximum atomic E-state index is 10.6. The van der Waals surface area contributed by atoms with Gasteiger partial charge in [0.15, 0.2) is 0 Å². The van der Waals surface area contributed by atoms with Gasteiger partial charge in [0, 0.05) is 11.3 Å². The summed E-state index contributed by atoms with van der Waals surface area (Å²) in [7, 11) is 0. The molecule has 0 bridgehead atoms. The van der Waals surface area contributed by atoms with Crippen LogP contribution in [0, 0.1) is 0 Å². The topological polar surface area (TPSA) is 26.3 Å². The van der Waals surface area contributed by atoms with Crippen molar-refractivity contribution in [3.63, 3.8) is 0 Å². The lowest BCUT2D eigenvalue weighted by atomic mass is 10.2. The predicted molar refractivity (Wildman–Crippen MR) is 75.7 cm³/mol. The molecule has 1 rings (SSSR count). The van der Waals surface area contributed by atoms with Crippen molar-refractivity contribution >= 4 is 49.9 Å². The fourth-order valence-electron chi connectivity index (χ4n) is 1.13. The van der Waals surface area contributed by atoms with E-state index in [-0.39, 0.29) is 0 Å². The first-order valence-corrected chi connectivity index (χ1v) is 7.57. The van der Waals surface area contributed by atoms with Gasteiger partial charge in [0.05, 0.1) is 15.6 Å². The monoisotopic (exact) mass is 366 g/mol. The second-order valence-electron chi connectivity index (χ2n) is 2.98. The minimum Gasteiger partial charge on any atom is -0.490 e. The van der Waals surface area contributed by atoms with Crippen LogP contribution in [0.15, 0.2) is 21.1 Å². The molecule has 0 aliphatic heterocycles. The number of aldehydes is 1. The van der Waals surface area contributed by atoms with E-state index in [4.69, 9.17) is 4.74 Å². The normalized spacial score (nSPS) is 10.2. The van der Waals surface area contributed by atoms with Gasteiger partial charge in [-0.15, -0.1) is 0 Å². The summed E-state index contributed by atoms with van der Waals surface area (Å²) < 4.78 is 7.23. The number of carbonyl (C=O) groups excluding carboxylic acids is 1. The molecule has 0 saturated carbocycles. The second kappa shape index (κ2) is 7.35. The van der Waals surface area contributed by atoms with Crippen molar-refractivity contribution in [1.82, 2.24) is 0 Å². The highest BCUT2D eigenvalue weighted by Gasteiger charge is 2.08. The summed E-state index contributed by atoms with van der Waals surface area (Å²) in [6.45, 7) is 2.78. The van der Waals surface area contributed by atoms with Crippen LogP contribution in [0.3, 0.4) is 0 Å². The fraction of sp³-hybridized carbons (Fsp3) is 0.364. The number of benzene rings is 1. The molecule has 0 atom stereocenters. The van der Waals surface area contributed by atoms with Crippen LogP contribution in [0.5, 0.6) is 5.75 Å². The van der Waals surface area contributed by atoms with Gasteiger partial charge in [0.2, 0.25) is 0 Å². The van der Waals surface area contributed by atoms with E-state index in [0.717, 1.165) is 32.5 Å². The largest absolute Gasteiger partial charge is 0.490 e. The summed E-state index contributed by atoms with van der Waals surface area (Å²) in [5.74, 6) is 2.81. The van der Waals surface area contributed by atoms with Gasteiger partial charge in [0.1, 0.15) is 12.0 Å². The van der Waals surface area contributed by atoms with Gasteiger partial charge in [0.25, 0.3) is 0 Å². The zero-order valence-electron chi connectivity index (χ0n) is 8.83. The Morgan fingerprint density at radius 3 is 2.50 bits per heavy atom. The Kier molecular flexibility index (Phi) is 6.46. The molecule has 0 aromatic heterocycles. The van der Waals surface area contributed by atoms with Gasteiger partial charge >= 0.3 is 0 Å². The number of halogens is 2. The highest BCUT2D eigenvalue weighted by molar-refractivity contribution is 9.11. The number of rotatable bonds is 6. The van der Waals surface area contributed by atoms with E-state index in [0.29, 0.717) is 12.2 Å². The van der Waals surface area contributed by atoms with Crippen molar-refractivity contribution in [3.05, 3.63) is 26.6 Å². The molecule has 16 heavy (non-hydrogen) atoms. The van der Waals surface area contributed by atoms with Crippen LogP contribution in [0.2, 0.25) is 0 Å². The maximum Gasteiger partial charge on any atom is 0.150 e. The van der Waals surface area contributed by atoms with Crippen LogP contribution in [0.1, 0.15) is 17.3 Å². The molecule has 0 aliphatic carbocycles. The molecule has 1 aromatic rings. The van der Waals surface area contributed by atoms with E-state index in [2.05, 4.69) is 38.8 Å². The zero-order chi connectivity index (χ0) is 12.0. The summed E-state index contributed by atoms with van der Waals surface area (Å²) in [6, 6.07) is 3.50. The van der Waals surface area contributed by atoms with Gasteiger partial charge in [-0.3, -0.25) is 4.79 Å². The quantitative estimate of drug-likeness (QED) is 0.557. The molecule has 1 aromatic carbocycles.